The molecule has 0 spiro atoms. The zero-order valence-corrected chi connectivity index (χ0v) is 10.5. The largest absolute Gasteiger partial charge is 0.461 e. The van der Waals surface area contributed by atoms with E-state index in [0.717, 1.165) is 5.75 Å². The Hall–Kier alpha value is -1.08. The highest BCUT2D eigenvalue weighted by atomic mass is 32.2. The van der Waals surface area contributed by atoms with Gasteiger partial charge in [0.25, 0.3) is 0 Å². The van der Waals surface area contributed by atoms with Gasteiger partial charge in [0.05, 0.1) is 12.7 Å². The molecule has 2 N–H and O–H groups in total. The molecular formula is C9H16N4O2S. The maximum absolute atomic E-state index is 5.55. The van der Waals surface area contributed by atoms with Crippen LogP contribution in [0.2, 0.25) is 0 Å². The number of anilines is 1. The summed E-state index contributed by atoms with van der Waals surface area (Å²) in [6, 6.07) is 0.266. The molecule has 0 amide bonds. The van der Waals surface area contributed by atoms with Crippen LogP contribution < -0.4 is 10.5 Å². The first-order valence-corrected chi connectivity index (χ1v) is 5.90. The summed E-state index contributed by atoms with van der Waals surface area (Å²) in [6.07, 6.45) is 0.0126. The second kappa shape index (κ2) is 6.49. The van der Waals surface area contributed by atoms with Crippen LogP contribution in [0.15, 0.2) is 5.16 Å². The van der Waals surface area contributed by atoms with Crippen molar-refractivity contribution in [3.8, 4) is 6.01 Å². The van der Waals surface area contributed by atoms with Crippen molar-refractivity contribution >= 4 is 17.7 Å². The Labute approximate surface area is 99.0 Å². The average Bonchev–Trinajstić information content (AvgIpc) is 2.16. The molecule has 1 rings (SSSR count). The van der Waals surface area contributed by atoms with Gasteiger partial charge in [-0.1, -0.05) is 11.8 Å². The van der Waals surface area contributed by atoms with E-state index >= 15 is 0 Å². The van der Waals surface area contributed by atoms with Crippen LogP contribution in [0.5, 0.6) is 6.01 Å². The van der Waals surface area contributed by atoms with Crippen molar-refractivity contribution in [1.29, 1.82) is 0 Å². The van der Waals surface area contributed by atoms with Crippen LogP contribution in [-0.2, 0) is 4.74 Å². The predicted molar refractivity (Wildman–Crippen MR) is 62.6 cm³/mol. The van der Waals surface area contributed by atoms with Gasteiger partial charge in [-0.05, 0) is 13.8 Å². The molecule has 90 valence electrons. The van der Waals surface area contributed by atoms with Gasteiger partial charge >= 0.3 is 6.01 Å². The monoisotopic (exact) mass is 244 g/mol. The van der Waals surface area contributed by atoms with Gasteiger partial charge in [0.15, 0.2) is 5.16 Å². The number of nitrogen functional groups attached to an aromatic ring is 1. The number of aromatic nitrogens is 3. The summed E-state index contributed by atoms with van der Waals surface area (Å²) in [5, 5.41) is 0.556. The van der Waals surface area contributed by atoms with E-state index in [-0.39, 0.29) is 18.1 Å². The summed E-state index contributed by atoms with van der Waals surface area (Å²) in [5.41, 5.74) is 5.55. The van der Waals surface area contributed by atoms with Crippen LogP contribution in [0.1, 0.15) is 13.8 Å². The molecule has 7 heteroatoms. The van der Waals surface area contributed by atoms with Gasteiger partial charge in [-0.3, -0.25) is 0 Å². The SMILES string of the molecule is COCCSc1nc(N)nc(OC(C)C)n1. The Balaban J connectivity index is 2.65. The molecule has 1 aromatic heterocycles. The second-order valence-corrected chi connectivity index (χ2v) is 4.33. The van der Waals surface area contributed by atoms with E-state index in [0.29, 0.717) is 11.8 Å². The molecule has 0 unspecified atom stereocenters. The predicted octanol–water partition coefficient (Wildman–Crippen LogP) is 0.979. The van der Waals surface area contributed by atoms with Crippen LogP contribution in [0, 0.1) is 0 Å². The van der Waals surface area contributed by atoms with Gasteiger partial charge < -0.3 is 15.2 Å². The molecule has 0 atom stereocenters. The molecule has 6 nitrogen and oxygen atoms in total. The summed E-state index contributed by atoms with van der Waals surface area (Å²) in [6.45, 7) is 4.44. The number of ether oxygens (including phenoxy) is 2. The van der Waals surface area contributed by atoms with Gasteiger partial charge in [0.2, 0.25) is 5.95 Å². The molecule has 0 aromatic carbocycles. The van der Waals surface area contributed by atoms with Crippen molar-refractivity contribution in [2.45, 2.75) is 25.1 Å². The molecule has 0 fully saturated rings. The zero-order chi connectivity index (χ0) is 12.0. The van der Waals surface area contributed by atoms with Gasteiger partial charge in [-0.15, -0.1) is 0 Å². The van der Waals surface area contributed by atoms with E-state index in [2.05, 4.69) is 15.0 Å². The fourth-order valence-electron chi connectivity index (χ4n) is 0.897. The van der Waals surface area contributed by atoms with E-state index in [1.807, 2.05) is 13.8 Å². The standard InChI is InChI=1S/C9H16N4O2S/c1-6(2)15-8-11-7(10)12-9(13-8)16-5-4-14-3/h6H,4-5H2,1-3H3,(H2,10,11,12,13). The minimum Gasteiger partial charge on any atom is -0.461 e. The van der Waals surface area contributed by atoms with Crippen LogP contribution in [-0.4, -0.2) is 40.5 Å². The molecular weight excluding hydrogens is 228 g/mol. The molecule has 0 aliphatic carbocycles. The van der Waals surface area contributed by atoms with Crippen LogP contribution >= 0.6 is 11.8 Å². The number of rotatable bonds is 6. The first kappa shape index (κ1) is 13.0. The summed E-state index contributed by atoms with van der Waals surface area (Å²) >= 11 is 1.45. The van der Waals surface area contributed by atoms with Gasteiger partial charge in [0, 0.05) is 12.9 Å². The third kappa shape index (κ3) is 4.63. The third-order valence-electron chi connectivity index (χ3n) is 1.47. The molecule has 0 aliphatic rings. The smallest absolute Gasteiger partial charge is 0.322 e. The lowest BCUT2D eigenvalue weighted by Crippen LogP contribution is -2.11. The first-order valence-electron chi connectivity index (χ1n) is 4.91. The van der Waals surface area contributed by atoms with Crippen LogP contribution in [0.3, 0.4) is 0 Å². The van der Waals surface area contributed by atoms with Gasteiger partial charge in [-0.25, -0.2) is 0 Å². The fraction of sp³-hybridized carbons (Fsp3) is 0.667. The van der Waals surface area contributed by atoms with E-state index in [1.54, 1.807) is 7.11 Å². The third-order valence-corrected chi connectivity index (χ3v) is 2.28. The summed E-state index contributed by atoms with van der Waals surface area (Å²) in [4.78, 5) is 12.0. The summed E-state index contributed by atoms with van der Waals surface area (Å²) in [7, 11) is 1.65. The average molecular weight is 244 g/mol. The molecule has 0 saturated carbocycles. The van der Waals surface area contributed by atoms with Crippen molar-refractivity contribution in [3.05, 3.63) is 0 Å². The van der Waals surface area contributed by atoms with E-state index in [4.69, 9.17) is 15.2 Å². The van der Waals surface area contributed by atoms with E-state index in [1.165, 1.54) is 11.8 Å². The highest BCUT2D eigenvalue weighted by Crippen LogP contribution is 2.16. The van der Waals surface area contributed by atoms with Crippen molar-refractivity contribution in [1.82, 2.24) is 15.0 Å². The topological polar surface area (TPSA) is 83.2 Å². The number of nitrogens with two attached hydrogens (primary N) is 1. The second-order valence-electron chi connectivity index (χ2n) is 3.27. The molecule has 0 saturated heterocycles. The normalized spacial score (nSPS) is 10.8. The molecule has 0 aliphatic heterocycles. The lowest BCUT2D eigenvalue weighted by Gasteiger charge is -2.08. The number of hydrogen-bond acceptors (Lipinski definition) is 7. The van der Waals surface area contributed by atoms with Gasteiger partial charge in [-0.2, -0.15) is 15.0 Å². The molecule has 0 radical (unpaired) electrons. The highest BCUT2D eigenvalue weighted by molar-refractivity contribution is 7.99. The van der Waals surface area contributed by atoms with Gasteiger partial charge in [0.1, 0.15) is 0 Å². The molecule has 1 heterocycles. The Morgan fingerprint density at radius 2 is 2.06 bits per heavy atom. The number of methoxy groups -OCH3 is 1. The summed E-state index contributed by atoms with van der Waals surface area (Å²) < 4.78 is 10.3. The number of hydrogen-bond donors (Lipinski definition) is 1. The van der Waals surface area contributed by atoms with Crippen LogP contribution in [0.25, 0.3) is 0 Å². The molecule has 0 bridgehead atoms. The van der Waals surface area contributed by atoms with E-state index in [9.17, 15) is 0 Å². The Kier molecular flexibility index (Phi) is 5.27. The van der Waals surface area contributed by atoms with Crippen molar-refractivity contribution in [3.63, 3.8) is 0 Å². The fourth-order valence-corrected chi connectivity index (χ4v) is 1.63. The van der Waals surface area contributed by atoms with Crippen molar-refractivity contribution < 1.29 is 9.47 Å². The van der Waals surface area contributed by atoms with E-state index < -0.39 is 0 Å². The minimum absolute atomic E-state index is 0.0126. The minimum atomic E-state index is 0.0126. The Morgan fingerprint density at radius 3 is 2.69 bits per heavy atom. The van der Waals surface area contributed by atoms with Crippen molar-refractivity contribution in [2.24, 2.45) is 0 Å². The number of thioether (sulfide) groups is 1. The summed E-state index contributed by atoms with van der Waals surface area (Å²) in [5.74, 6) is 0.937. The number of nitrogens with zero attached hydrogens (tertiary/aromatic N) is 3. The highest BCUT2D eigenvalue weighted by Gasteiger charge is 2.07. The quantitative estimate of drug-likeness (QED) is 0.590. The maximum atomic E-state index is 5.55. The van der Waals surface area contributed by atoms with Crippen LogP contribution in [0.4, 0.5) is 5.95 Å². The maximum Gasteiger partial charge on any atom is 0.322 e. The first-order chi connectivity index (χ1) is 7.61. The van der Waals surface area contributed by atoms with Crippen molar-refractivity contribution in [2.75, 3.05) is 25.2 Å². The Bertz CT molecular complexity index is 335. The lowest BCUT2D eigenvalue weighted by atomic mass is 10.5. The Morgan fingerprint density at radius 1 is 1.31 bits per heavy atom. The molecule has 16 heavy (non-hydrogen) atoms. The lowest BCUT2D eigenvalue weighted by molar-refractivity contribution is 0.217. The zero-order valence-electron chi connectivity index (χ0n) is 9.64. The molecule has 1 aromatic rings.